The number of benzene rings is 1. The lowest BCUT2D eigenvalue weighted by Gasteiger charge is -2.21. The molecule has 6 nitrogen and oxygen atoms in total. The van der Waals surface area contributed by atoms with Crippen LogP contribution in [0.25, 0.3) is 0 Å². The van der Waals surface area contributed by atoms with Crippen LogP contribution in [0, 0.1) is 6.92 Å². The zero-order valence-electron chi connectivity index (χ0n) is 15.9. The normalized spacial score (nSPS) is 22.2. The molecule has 3 rings (SSSR count). The Morgan fingerprint density at radius 3 is 2.81 bits per heavy atom. The number of ether oxygens (including phenoxy) is 2. The Bertz CT molecular complexity index is 690. The van der Waals surface area contributed by atoms with E-state index in [4.69, 9.17) is 9.47 Å². The molecule has 0 radical (unpaired) electrons. The number of hydrogen-bond acceptors (Lipinski definition) is 4. The molecule has 2 heterocycles. The lowest BCUT2D eigenvalue weighted by atomic mass is 10.0. The average Bonchev–Trinajstić information content (AvgIpc) is 3.13. The number of carbonyl (C=O) groups is 2. The summed E-state index contributed by atoms with van der Waals surface area (Å²) in [6.07, 6.45) is 2.65. The molecule has 1 aromatic rings. The number of nitrogens with zero attached hydrogens (tertiary/aromatic N) is 2. The van der Waals surface area contributed by atoms with Gasteiger partial charge in [0, 0.05) is 26.4 Å². The maximum atomic E-state index is 12.5. The Labute approximate surface area is 155 Å². The molecule has 1 spiro atoms. The first-order chi connectivity index (χ1) is 12.4. The molecule has 0 N–H and O–H groups in total. The van der Waals surface area contributed by atoms with Gasteiger partial charge in [0.25, 0.3) is 0 Å². The molecule has 2 amide bonds. The van der Waals surface area contributed by atoms with Crippen molar-refractivity contribution < 1.29 is 19.1 Å². The molecular weight excluding hydrogens is 332 g/mol. The van der Waals surface area contributed by atoms with Crippen molar-refractivity contribution in [3.8, 4) is 5.75 Å². The lowest BCUT2D eigenvalue weighted by molar-refractivity contribution is -0.131. The lowest BCUT2D eigenvalue weighted by Crippen LogP contribution is -2.39. The quantitative estimate of drug-likeness (QED) is 0.783. The monoisotopic (exact) mass is 360 g/mol. The highest BCUT2D eigenvalue weighted by molar-refractivity contribution is 5.77. The molecule has 1 aromatic carbocycles. The Balaban J connectivity index is 1.46. The van der Waals surface area contributed by atoms with Gasteiger partial charge in [-0.25, -0.2) is 4.79 Å². The van der Waals surface area contributed by atoms with Gasteiger partial charge in [-0.05, 0) is 43.9 Å². The van der Waals surface area contributed by atoms with Crippen molar-refractivity contribution in [1.29, 1.82) is 0 Å². The van der Waals surface area contributed by atoms with Gasteiger partial charge < -0.3 is 19.3 Å². The van der Waals surface area contributed by atoms with Gasteiger partial charge >= 0.3 is 6.09 Å². The van der Waals surface area contributed by atoms with Gasteiger partial charge in [0.1, 0.15) is 5.75 Å². The van der Waals surface area contributed by atoms with Gasteiger partial charge in [0.2, 0.25) is 5.91 Å². The predicted octanol–water partition coefficient (Wildman–Crippen LogP) is 2.77. The highest BCUT2D eigenvalue weighted by Crippen LogP contribution is 2.32. The maximum absolute atomic E-state index is 12.5. The summed E-state index contributed by atoms with van der Waals surface area (Å²) in [6, 6.07) is 6.21. The number of likely N-dealkylation sites (tertiary alicyclic amines) is 1. The Kier molecular flexibility index (Phi) is 5.39. The second-order valence-corrected chi connectivity index (χ2v) is 7.36. The molecular formula is C20H28N2O4. The number of likely N-dealkylation sites (N-methyl/N-ethyl adjacent to an activating group) is 1. The Morgan fingerprint density at radius 1 is 1.35 bits per heavy atom. The molecule has 2 aliphatic rings. The van der Waals surface area contributed by atoms with E-state index in [9.17, 15) is 9.59 Å². The molecule has 0 aromatic heterocycles. The highest BCUT2D eigenvalue weighted by Gasteiger charge is 2.49. The van der Waals surface area contributed by atoms with Gasteiger partial charge in [-0.15, -0.1) is 0 Å². The van der Waals surface area contributed by atoms with Gasteiger partial charge in [-0.3, -0.25) is 4.79 Å². The van der Waals surface area contributed by atoms with Crippen LogP contribution in [0.2, 0.25) is 0 Å². The van der Waals surface area contributed by atoms with E-state index in [0.717, 1.165) is 30.6 Å². The van der Waals surface area contributed by atoms with Crippen molar-refractivity contribution in [2.45, 2.75) is 45.1 Å². The fraction of sp³-hybridized carbons (Fsp3) is 0.600. The van der Waals surface area contributed by atoms with Crippen molar-refractivity contribution >= 4 is 12.0 Å². The Hall–Kier alpha value is -2.24. The van der Waals surface area contributed by atoms with Crippen LogP contribution in [-0.2, 0) is 16.0 Å². The third-order valence-corrected chi connectivity index (χ3v) is 5.21. The maximum Gasteiger partial charge on any atom is 0.410 e. The smallest absolute Gasteiger partial charge is 0.410 e. The summed E-state index contributed by atoms with van der Waals surface area (Å²) >= 11 is 0. The van der Waals surface area contributed by atoms with Crippen molar-refractivity contribution in [2.75, 3.05) is 33.3 Å². The van der Waals surface area contributed by atoms with Crippen LogP contribution in [-0.4, -0.2) is 60.7 Å². The van der Waals surface area contributed by atoms with E-state index in [1.54, 1.807) is 11.9 Å². The summed E-state index contributed by atoms with van der Waals surface area (Å²) in [5.74, 6) is 1.07. The number of hydrogen-bond donors (Lipinski definition) is 0. The molecule has 1 atom stereocenters. The van der Waals surface area contributed by atoms with Crippen molar-refractivity contribution in [2.24, 2.45) is 0 Å². The molecule has 26 heavy (non-hydrogen) atoms. The molecule has 0 unspecified atom stereocenters. The van der Waals surface area contributed by atoms with Crippen LogP contribution in [0.3, 0.4) is 0 Å². The topological polar surface area (TPSA) is 59.1 Å². The third kappa shape index (κ3) is 3.94. The van der Waals surface area contributed by atoms with E-state index in [1.807, 2.05) is 24.8 Å². The fourth-order valence-electron chi connectivity index (χ4n) is 3.85. The first kappa shape index (κ1) is 18.5. The van der Waals surface area contributed by atoms with E-state index >= 15 is 0 Å². The van der Waals surface area contributed by atoms with Crippen molar-refractivity contribution in [3.63, 3.8) is 0 Å². The zero-order valence-corrected chi connectivity index (χ0v) is 15.9. The van der Waals surface area contributed by atoms with Crippen LogP contribution < -0.4 is 4.74 Å². The van der Waals surface area contributed by atoms with Gasteiger partial charge in [0.15, 0.2) is 5.60 Å². The third-order valence-electron chi connectivity index (χ3n) is 5.21. The van der Waals surface area contributed by atoms with Gasteiger partial charge in [-0.1, -0.05) is 12.1 Å². The summed E-state index contributed by atoms with van der Waals surface area (Å²) in [5.41, 5.74) is 1.86. The van der Waals surface area contributed by atoms with E-state index in [2.05, 4.69) is 12.1 Å². The minimum Gasteiger partial charge on any atom is -0.494 e. The first-order valence-corrected chi connectivity index (χ1v) is 9.37. The number of rotatable bonds is 6. The van der Waals surface area contributed by atoms with Gasteiger partial charge in [-0.2, -0.15) is 0 Å². The van der Waals surface area contributed by atoms with Crippen LogP contribution in [0.1, 0.15) is 37.3 Å². The average molecular weight is 360 g/mol. The molecule has 6 heteroatoms. The van der Waals surface area contributed by atoms with E-state index in [0.29, 0.717) is 32.7 Å². The van der Waals surface area contributed by atoms with Crippen LogP contribution in [0.5, 0.6) is 5.75 Å². The molecule has 2 aliphatic heterocycles. The number of aryl methyl sites for hydroxylation is 2. The SMILES string of the molecule is CCOc1ccc(CCCC(=O)N2CC[C@@]3(CN(C)C(=O)O3)C2)cc1C. The second kappa shape index (κ2) is 7.56. The fourth-order valence-corrected chi connectivity index (χ4v) is 3.85. The zero-order chi connectivity index (χ0) is 18.7. The van der Waals surface area contributed by atoms with Crippen molar-refractivity contribution in [1.82, 2.24) is 9.80 Å². The summed E-state index contributed by atoms with van der Waals surface area (Å²) in [7, 11) is 1.74. The minimum atomic E-state index is -0.492. The van der Waals surface area contributed by atoms with Crippen LogP contribution >= 0.6 is 0 Å². The Morgan fingerprint density at radius 2 is 2.15 bits per heavy atom. The van der Waals surface area contributed by atoms with Crippen molar-refractivity contribution in [3.05, 3.63) is 29.3 Å². The first-order valence-electron chi connectivity index (χ1n) is 9.37. The standard InChI is InChI=1S/C20H28N2O4/c1-4-25-17-9-8-16(12-15(17)2)6-5-7-18(23)22-11-10-20(14-22)13-21(3)19(24)26-20/h8-9,12H,4-7,10-11,13-14H2,1-3H3/t20-/m1/s1. The predicted molar refractivity (Wildman–Crippen MR) is 98.3 cm³/mol. The molecule has 2 saturated heterocycles. The summed E-state index contributed by atoms with van der Waals surface area (Å²) in [5, 5.41) is 0. The van der Waals surface area contributed by atoms with E-state index in [-0.39, 0.29) is 12.0 Å². The largest absolute Gasteiger partial charge is 0.494 e. The second-order valence-electron chi connectivity index (χ2n) is 7.36. The summed E-state index contributed by atoms with van der Waals surface area (Å²) in [4.78, 5) is 27.5. The summed E-state index contributed by atoms with van der Waals surface area (Å²) < 4.78 is 11.1. The molecule has 0 bridgehead atoms. The van der Waals surface area contributed by atoms with E-state index < -0.39 is 5.60 Å². The van der Waals surface area contributed by atoms with E-state index in [1.165, 1.54) is 5.56 Å². The molecule has 0 saturated carbocycles. The molecule has 0 aliphatic carbocycles. The summed E-state index contributed by atoms with van der Waals surface area (Å²) in [6.45, 7) is 6.44. The highest BCUT2D eigenvalue weighted by atomic mass is 16.6. The van der Waals surface area contributed by atoms with Gasteiger partial charge in [0.05, 0.1) is 19.7 Å². The molecule has 2 fully saturated rings. The number of amides is 2. The molecule has 142 valence electrons. The number of carbonyl (C=O) groups excluding carboxylic acids is 2. The van der Waals surface area contributed by atoms with Crippen LogP contribution in [0.4, 0.5) is 4.79 Å². The van der Waals surface area contributed by atoms with Crippen LogP contribution in [0.15, 0.2) is 18.2 Å². The minimum absolute atomic E-state index is 0.148.